The van der Waals surface area contributed by atoms with E-state index < -0.39 is 0 Å². The molecule has 0 aromatic carbocycles. The topological polar surface area (TPSA) is 37.5 Å². The van der Waals surface area contributed by atoms with Gasteiger partial charge in [0.25, 0.3) is 0 Å². The maximum absolute atomic E-state index is 5.08. The van der Waals surface area contributed by atoms with E-state index in [1.807, 2.05) is 19.1 Å². The maximum Gasteiger partial charge on any atom is 0.149 e. The lowest BCUT2D eigenvalue weighted by molar-refractivity contribution is 0.556. The second kappa shape index (κ2) is 3.06. The molecule has 1 aromatic rings. The molecule has 0 fully saturated rings. The van der Waals surface area contributed by atoms with Gasteiger partial charge in [0.15, 0.2) is 0 Å². The third kappa shape index (κ3) is 1.37. The van der Waals surface area contributed by atoms with Crippen molar-refractivity contribution < 1.29 is 4.42 Å². The van der Waals surface area contributed by atoms with Crippen LogP contribution in [0.25, 0.3) is 0 Å². The monoisotopic (exact) mass is 138 g/mol. The molecular weight excluding hydrogens is 128 g/mol. The highest BCUT2D eigenvalue weighted by molar-refractivity contribution is 5.95. The Morgan fingerprint density at radius 2 is 2.50 bits per heavy atom. The summed E-state index contributed by atoms with van der Waals surface area (Å²) in [4.78, 5) is 0. The summed E-state index contributed by atoms with van der Waals surface area (Å²) in [5.74, 6) is 0.800. The first kappa shape index (κ1) is 6.86. The molecule has 0 saturated heterocycles. The van der Waals surface area contributed by atoms with E-state index in [0.717, 1.165) is 11.5 Å². The van der Waals surface area contributed by atoms with E-state index in [1.54, 1.807) is 13.3 Å². The average Bonchev–Trinajstić information content (AvgIpc) is 2.38. The molecule has 1 heterocycles. The van der Waals surface area contributed by atoms with Gasteiger partial charge in [-0.1, -0.05) is 0 Å². The minimum absolute atomic E-state index is 0.800. The van der Waals surface area contributed by atoms with Crippen molar-refractivity contribution in [2.45, 2.75) is 6.92 Å². The van der Waals surface area contributed by atoms with Gasteiger partial charge in [0, 0.05) is 7.05 Å². The Labute approximate surface area is 59.7 Å². The van der Waals surface area contributed by atoms with Crippen LogP contribution in [0.1, 0.15) is 12.7 Å². The van der Waals surface area contributed by atoms with Crippen molar-refractivity contribution in [3.8, 4) is 0 Å². The Kier molecular flexibility index (Phi) is 2.10. The van der Waals surface area contributed by atoms with Crippen LogP contribution in [0.4, 0.5) is 0 Å². The number of furan rings is 1. The smallest absolute Gasteiger partial charge is 0.149 e. The number of hydrogen-bond donors (Lipinski definition) is 1. The molecule has 1 aromatic heterocycles. The van der Waals surface area contributed by atoms with Gasteiger partial charge in [-0.25, -0.2) is 0 Å². The molecule has 54 valence electrons. The Balaban J connectivity index is 2.77. The summed E-state index contributed by atoms with van der Waals surface area (Å²) in [7, 11) is 1.76. The first-order valence-corrected chi connectivity index (χ1v) is 3.09. The quantitative estimate of drug-likeness (QED) is 0.493. The summed E-state index contributed by atoms with van der Waals surface area (Å²) in [6.07, 6.45) is 1.63. The molecular formula is C7H10N2O. The molecule has 0 saturated carbocycles. The predicted molar refractivity (Wildman–Crippen MR) is 40.0 cm³/mol. The van der Waals surface area contributed by atoms with E-state index in [0.29, 0.717) is 0 Å². The highest BCUT2D eigenvalue weighted by atomic mass is 16.3. The molecule has 1 rings (SSSR count). The molecule has 1 N–H and O–H groups in total. The Hall–Kier alpha value is -1.25. The summed E-state index contributed by atoms with van der Waals surface area (Å²) in [5, 5.41) is 3.94. The second-order valence-corrected chi connectivity index (χ2v) is 1.90. The van der Waals surface area contributed by atoms with Gasteiger partial charge < -0.3 is 9.84 Å². The van der Waals surface area contributed by atoms with E-state index in [2.05, 4.69) is 10.5 Å². The van der Waals surface area contributed by atoms with E-state index in [4.69, 9.17) is 4.42 Å². The molecule has 3 heteroatoms. The summed E-state index contributed by atoms with van der Waals surface area (Å²) in [6.45, 7) is 1.88. The number of hydrogen-bond acceptors (Lipinski definition) is 3. The third-order valence-corrected chi connectivity index (χ3v) is 1.16. The van der Waals surface area contributed by atoms with E-state index in [9.17, 15) is 0 Å². The lowest BCUT2D eigenvalue weighted by Gasteiger charge is -1.92. The van der Waals surface area contributed by atoms with E-state index >= 15 is 0 Å². The van der Waals surface area contributed by atoms with Gasteiger partial charge in [-0.15, -0.1) is 0 Å². The average molecular weight is 138 g/mol. The zero-order valence-electron chi connectivity index (χ0n) is 6.09. The molecule has 0 aliphatic heterocycles. The fraction of sp³-hybridized carbons (Fsp3) is 0.286. The van der Waals surface area contributed by atoms with Crippen molar-refractivity contribution in [2.75, 3.05) is 7.05 Å². The van der Waals surface area contributed by atoms with Gasteiger partial charge in [0.1, 0.15) is 5.76 Å². The summed E-state index contributed by atoms with van der Waals surface area (Å²) in [5.41, 5.74) is 3.54. The lowest BCUT2D eigenvalue weighted by Crippen LogP contribution is -2.01. The summed E-state index contributed by atoms with van der Waals surface area (Å²) < 4.78 is 5.08. The zero-order chi connectivity index (χ0) is 7.40. The van der Waals surface area contributed by atoms with E-state index in [1.165, 1.54) is 0 Å². The van der Waals surface area contributed by atoms with Crippen LogP contribution >= 0.6 is 0 Å². The molecule has 0 spiro atoms. The standard InChI is InChI=1S/C7H10N2O/c1-6(9-8-2)7-4-3-5-10-7/h3-5,8H,1-2H3/b9-6+. The second-order valence-electron chi connectivity index (χ2n) is 1.90. The molecule has 0 aliphatic carbocycles. The van der Waals surface area contributed by atoms with Gasteiger partial charge in [0.2, 0.25) is 0 Å². The van der Waals surface area contributed by atoms with Crippen LogP contribution in [0.5, 0.6) is 0 Å². The molecule has 0 amide bonds. The van der Waals surface area contributed by atoms with E-state index in [-0.39, 0.29) is 0 Å². The minimum atomic E-state index is 0.800. The lowest BCUT2D eigenvalue weighted by atomic mass is 10.3. The minimum Gasteiger partial charge on any atom is -0.463 e. The van der Waals surface area contributed by atoms with Crippen LogP contribution in [-0.4, -0.2) is 12.8 Å². The Bertz CT molecular complexity index is 214. The van der Waals surface area contributed by atoms with Gasteiger partial charge >= 0.3 is 0 Å². The van der Waals surface area contributed by atoms with Gasteiger partial charge in [0.05, 0.1) is 12.0 Å². The fourth-order valence-electron chi connectivity index (χ4n) is 0.707. The third-order valence-electron chi connectivity index (χ3n) is 1.16. The van der Waals surface area contributed by atoms with Gasteiger partial charge in [-0.05, 0) is 19.1 Å². The van der Waals surface area contributed by atoms with Crippen molar-refractivity contribution in [1.82, 2.24) is 5.43 Å². The first-order chi connectivity index (χ1) is 4.84. The molecule has 3 nitrogen and oxygen atoms in total. The van der Waals surface area contributed by atoms with Crippen LogP contribution in [0.3, 0.4) is 0 Å². The van der Waals surface area contributed by atoms with Crippen molar-refractivity contribution in [3.63, 3.8) is 0 Å². The van der Waals surface area contributed by atoms with Crippen LogP contribution in [0.15, 0.2) is 27.9 Å². The number of rotatable bonds is 2. The van der Waals surface area contributed by atoms with Crippen LogP contribution < -0.4 is 5.43 Å². The highest BCUT2D eigenvalue weighted by Crippen LogP contribution is 2.00. The molecule has 0 aliphatic rings. The summed E-state index contributed by atoms with van der Waals surface area (Å²) >= 11 is 0. The van der Waals surface area contributed by atoms with Gasteiger partial charge in [-0.3, -0.25) is 0 Å². The van der Waals surface area contributed by atoms with Crippen LogP contribution in [0.2, 0.25) is 0 Å². The number of nitrogens with one attached hydrogen (secondary N) is 1. The van der Waals surface area contributed by atoms with Crippen molar-refractivity contribution in [1.29, 1.82) is 0 Å². The Morgan fingerprint density at radius 3 is 3.00 bits per heavy atom. The summed E-state index contributed by atoms with van der Waals surface area (Å²) in [6, 6.07) is 3.71. The number of hydrazone groups is 1. The normalized spacial score (nSPS) is 11.6. The predicted octanol–water partition coefficient (Wildman–Crippen LogP) is 1.22. The zero-order valence-corrected chi connectivity index (χ0v) is 6.09. The van der Waals surface area contributed by atoms with Crippen molar-refractivity contribution >= 4 is 5.71 Å². The Morgan fingerprint density at radius 1 is 1.70 bits per heavy atom. The maximum atomic E-state index is 5.08. The molecule has 0 bridgehead atoms. The van der Waals surface area contributed by atoms with Crippen LogP contribution in [0, 0.1) is 0 Å². The van der Waals surface area contributed by atoms with Crippen molar-refractivity contribution in [3.05, 3.63) is 24.2 Å². The number of nitrogens with zero attached hydrogens (tertiary/aromatic N) is 1. The molecule has 0 unspecified atom stereocenters. The first-order valence-electron chi connectivity index (χ1n) is 3.09. The van der Waals surface area contributed by atoms with Gasteiger partial charge in [-0.2, -0.15) is 5.10 Å². The molecule has 10 heavy (non-hydrogen) atoms. The fourth-order valence-corrected chi connectivity index (χ4v) is 0.707. The van der Waals surface area contributed by atoms with Crippen LogP contribution in [-0.2, 0) is 0 Å². The largest absolute Gasteiger partial charge is 0.463 e. The van der Waals surface area contributed by atoms with Crippen molar-refractivity contribution in [2.24, 2.45) is 5.10 Å². The molecule has 0 radical (unpaired) electrons. The molecule has 0 atom stereocenters. The SMILES string of the molecule is CN/N=C(\C)c1ccco1. The highest BCUT2D eigenvalue weighted by Gasteiger charge is 1.96.